The first-order valence-corrected chi connectivity index (χ1v) is 15.2. The van der Waals surface area contributed by atoms with Crippen LogP contribution in [0.5, 0.6) is 0 Å². The van der Waals surface area contributed by atoms with Gasteiger partial charge in [0.1, 0.15) is 36.9 Å². The van der Waals surface area contributed by atoms with Crippen LogP contribution in [0.25, 0.3) is 0 Å². The van der Waals surface area contributed by atoms with Crippen LogP contribution >= 0.6 is 0 Å². The van der Waals surface area contributed by atoms with Gasteiger partial charge in [-0.25, -0.2) is 0 Å². The average Bonchev–Trinajstić information content (AvgIpc) is 3.03. The Bertz CT molecular complexity index is 904. The number of hydrogen-bond acceptors (Lipinski definition) is 18. The van der Waals surface area contributed by atoms with Crippen molar-refractivity contribution in [1.82, 2.24) is 0 Å². The predicted molar refractivity (Wildman–Crippen MR) is 161 cm³/mol. The van der Waals surface area contributed by atoms with E-state index >= 15 is 0 Å². The van der Waals surface area contributed by atoms with E-state index in [1.807, 2.05) is 0 Å². The van der Waals surface area contributed by atoms with E-state index in [1.165, 1.54) is 7.11 Å². The Morgan fingerprint density at radius 2 is 0.933 bits per heavy atom. The molecule has 1 aliphatic heterocycles. The number of carbonyl (C=O) groups is 4. The van der Waals surface area contributed by atoms with E-state index in [0.717, 1.165) is 0 Å². The maximum Gasteiger partial charge on any atom is 0.323 e. The third kappa shape index (κ3) is 13.8. The smallest absolute Gasteiger partial charge is 0.323 e. The molecule has 0 saturated carbocycles. The van der Waals surface area contributed by atoms with Crippen LogP contribution in [0.2, 0.25) is 0 Å². The lowest BCUT2D eigenvalue weighted by Gasteiger charge is -2.44. The number of carbonyl (C=O) groups excluding carboxylic acids is 4. The van der Waals surface area contributed by atoms with E-state index in [4.69, 9.17) is 74.3 Å². The summed E-state index contributed by atoms with van der Waals surface area (Å²) in [4.78, 5) is 51.8. The van der Waals surface area contributed by atoms with Crippen LogP contribution in [0.4, 0.5) is 0 Å². The Morgan fingerprint density at radius 3 is 1.31 bits per heavy atom. The summed E-state index contributed by atoms with van der Waals surface area (Å²) in [5, 5.41) is 0. The highest BCUT2D eigenvalue weighted by molar-refractivity contribution is 5.78. The largest absolute Gasteiger partial charge is 0.462 e. The molecule has 16 N–H and O–H groups in total. The fourth-order valence-electron chi connectivity index (χ4n) is 4.36. The number of esters is 4. The molecule has 1 fully saturated rings. The minimum atomic E-state index is -1.56. The number of hydrogen-bond donors (Lipinski definition) is 8. The maximum absolute atomic E-state index is 13.1. The van der Waals surface area contributed by atoms with Crippen LogP contribution < -0.4 is 45.9 Å². The molecule has 0 spiro atoms. The topological polar surface area (TPSA) is 332 Å². The van der Waals surface area contributed by atoms with Crippen LogP contribution in [0, 0.1) is 0 Å². The number of nitrogens with two attached hydrogens (primary N) is 8. The van der Waals surface area contributed by atoms with Crippen LogP contribution in [-0.4, -0.2) is 119 Å². The van der Waals surface area contributed by atoms with Gasteiger partial charge in [-0.3, -0.25) is 19.2 Å². The van der Waals surface area contributed by atoms with Gasteiger partial charge in [-0.05, 0) is 77.5 Å². The second-order valence-electron chi connectivity index (χ2n) is 10.8. The van der Waals surface area contributed by atoms with Gasteiger partial charge in [-0.15, -0.1) is 0 Å². The van der Waals surface area contributed by atoms with E-state index in [9.17, 15) is 19.2 Å². The van der Waals surface area contributed by atoms with E-state index in [1.54, 1.807) is 0 Å². The van der Waals surface area contributed by atoms with E-state index < -0.39 is 85.4 Å². The van der Waals surface area contributed by atoms with E-state index in [2.05, 4.69) is 0 Å². The summed E-state index contributed by atoms with van der Waals surface area (Å²) in [6, 6.07) is -4.32. The fraction of sp³-hybridized carbons (Fsp3) is 0.852. The summed E-state index contributed by atoms with van der Waals surface area (Å²) in [5.41, 5.74) is 46.1. The van der Waals surface area contributed by atoms with Crippen LogP contribution in [-0.2, 0) is 47.6 Å². The molecule has 0 amide bonds. The first-order chi connectivity index (χ1) is 21.4. The zero-order valence-corrected chi connectivity index (χ0v) is 26.1. The highest BCUT2D eigenvalue weighted by atomic mass is 16.7. The zero-order chi connectivity index (χ0) is 33.9. The predicted octanol–water partition coefficient (Wildman–Crippen LogP) is -4.10. The molecular formula is C27H54N8O10. The lowest BCUT2D eigenvalue weighted by molar-refractivity contribution is -0.304. The lowest BCUT2D eigenvalue weighted by Crippen LogP contribution is -2.64. The minimum absolute atomic E-state index is 0.177. The monoisotopic (exact) mass is 650 g/mol. The first-order valence-electron chi connectivity index (χ1n) is 15.2. The Morgan fingerprint density at radius 1 is 0.578 bits per heavy atom. The normalized spacial score (nSPS) is 24.2. The summed E-state index contributed by atoms with van der Waals surface area (Å²) in [5.74, 6) is -3.47. The maximum atomic E-state index is 13.1. The molecule has 1 aliphatic rings. The highest BCUT2D eigenvalue weighted by Crippen LogP contribution is 2.30. The highest BCUT2D eigenvalue weighted by Gasteiger charge is 2.54. The molecule has 1 saturated heterocycles. The van der Waals surface area contributed by atoms with Crippen LogP contribution in [0.3, 0.4) is 0 Å². The van der Waals surface area contributed by atoms with E-state index in [-0.39, 0.29) is 45.3 Å². The van der Waals surface area contributed by atoms with Gasteiger partial charge >= 0.3 is 23.9 Å². The van der Waals surface area contributed by atoms with Gasteiger partial charge in [-0.2, -0.15) is 0 Å². The Kier molecular flexibility index (Phi) is 19.9. The third-order valence-electron chi connectivity index (χ3n) is 7.06. The van der Waals surface area contributed by atoms with Gasteiger partial charge < -0.3 is 74.3 Å². The summed E-state index contributed by atoms with van der Waals surface area (Å²) in [7, 11) is 1.24. The van der Waals surface area contributed by atoms with E-state index in [0.29, 0.717) is 32.2 Å². The third-order valence-corrected chi connectivity index (χ3v) is 7.06. The molecule has 45 heavy (non-hydrogen) atoms. The Labute approximate surface area is 263 Å². The molecule has 0 aromatic carbocycles. The van der Waals surface area contributed by atoms with Crippen molar-refractivity contribution in [2.75, 3.05) is 39.9 Å². The molecule has 18 nitrogen and oxygen atoms in total. The summed E-state index contributed by atoms with van der Waals surface area (Å²) in [6.45, 7) is 0.631. The number of ether oxygens (including phenoxy) is 6. The van der Waals surface area contributed by atoms with Crippen molar-refractivity contribution in [2.45, 2.75) is 106 Å². The minimum Gasteiger partial charge on any atom is -0.462 e. The fourth-order valence-corrected chi connectivity index (χ4v) is 4.36. The molecule has 18 heteroatoms. The molecule has 9 atom stereocenters. The van der Waals surface area contributed by atoms with Gasteiger partial charge in [0, 0.05) is 7.11 Å². The molecule has 0 radical (unpaired) electrons. The summed E-state index contributed by atoms with van der Waals surface area (Å²) < 4.78 is 33.9. The Hall–Kier alpha value is -2.52. The molecule has 0 aliphatic carbocycles. The number of rotatable bonds is 22. The molecular weight excluding hydrogens is 596 g/mol. The molecule has 1 rings (SSSR count). The molecule has 0 aromatic heterocycles. The summed E-state index contributed by atoms with van der Waals surface area (Å²) in [6.07, 6.45) is -4.73. The SMILES string of the molecule is CO[C@H]1O[C@H](COC(=O)[C@@H](N)CCCN)[C@@H](OC(=O)[C@@H](N)CCCN)[C@H](OC(=O)[C@@H](N)CCCN)[C@@H]1OC(=O)[C@@H](N)CCCN. The van der Waals surface area contributed by atoms with Crippen molar-refractivity contribution in [3.63, 3.8) is 0 Å². The standard InChI is InChI=1S/C27H54N8O10/c1-40-27-22(45-26(39)18(35)9-5-13-31)21(44-25(38)17(34)8-4-12-30)20(43-24(37)16(33)7-3-11-29)19(42-27)14-41-23(36)15(32)6-2-10-28/h15-22,27H,2-14,28-35H2,1H3/t15-,16-,17-,18-,19+,20+,21-,22-,27-/m0/s1. The second-order valence-corrected chi connectivity index (χ2v) is 10.8. The van der Waals surface area contributed by atoms with Gasteiger partial charge in [-0.1, -0.05) is 0 Å². The molecule has 262 valence electrons. The second kappa shape index (κ2) is 22.1. The van der Waals surface area contributed by atoms with Gasteiger partial charge in [0.2, 0.25) is 0 Å². The van der Waals surface area contributed by atoms with Gasteiger partial charge in [0.15, 0.2) is 24.6 Å². The average molecular weight is 651 g/mol. The zero-order valence-electron chi connectivity index (χ0n) is 26.1. The van der Waals surface area contributed by atoms with Crippen molar-refractivity contribution >= 4 is 23.9 Å². The Balaban J connectivity index is 3.49. The van der Waals surface area contributed by atoms with Crippen LogP contribution in [0.1, 0.15) is 51.4 Å². The van der Waals surface area contributed by atoms with Crippen LogP contribution in [0.15, 0.2) is 0 Å². The van der Waals surface area contributed by atoms with Gasteiger partial charge in [0.05, 0.1) is 0 Å². The lowest BCUT2D eigenvalue weighted by atomic mass is 9.97. The molecule has 0 aromatic rings. The number of methoxy groups -OCH3 is 1. The molecule has 1 heterocycles. The van der Waals surface area contributed by atoms with Crippen molar-refractivity contribution in [1.29, 1.82) is 0 Å². The van der Waals surface area contributed by atoms with Crippen molar-refractivity contribution in [2.24, 2.45) is 45.9 Å². The van der Waals surface area contributed by atoms with Gasteiger partial charge in [0.25, 0.3) is 0 Å². The quantitative estimate of drug-likeness (QED) is 0.0407. The molecule has 0 bridgehead atoms. The molecule has 0 unspecified atom stereocenters. The first kappa shape index (κ1) is 40.5. The van der Waals surface area contributed by atoms with Crippen molar-refractivity contribution in [3.05, 3.63) is 0 Å². The van der Waals surface area contributed by atoms with Crippen molar-refractivity contribution < 1.29 is 47.6 Å². The summed E-state index contributed by atoms with van der Waals surface area (Å²) >= 11 is 0. The van der Waals surface area contributed by atoms with Crippen molar-refractivity contribution in [3.8, 4) is 0 Å².